The van der Waals surface area contributed by atoms with Crippen molar-refractivity contribution in [1.82, 2.24) is 4.72 Å². The van der Waals surface area contributed by atoms with Gasteiger partial charge in [0, 0.05) is 10.5 Å². The topological polar surface area (TPSA) is 83.5 Å². The maximum absolute atomic E-state index is 12.5. The Labute approximate surface area is 139 Å². The van der Waals surface area contributed by atoms with Crippen molar-refractivity contribution in [3.8, 4) is 0 Å². The monoisotopic (exact) mass is 389 g/mol. The van der Waals surface area contributed by atoms with Crippen LogP contribution < -0.4 is 4.72 Å². The highest BCUT2D eigenvalue weighted by atomic mass is 79.9. The molecule has 0 amide bonds. The molecule has 0 aliphatic heterocycles. The summed E-state index contributed by atoms with van der Waals surface area (Å²) in [6.07, 6.45) is 4.77. The highest BCUT2D eigenvalue weighted by Crippen LogP contribution is 2.25. The normalized spacial score (nSPS) is 23.5. The second-order valence-corrected chi connectivity index (χ2v) is 8.25. The van der Waals surface area contributed by atoms with E-state index in [1.807, 2.05) is 0 Å². The molecule has 2 unspecified atom stereocenters. The Morgan fingerprint density at radius 2 is 1.86 bits per heavy atom. The summed E-state index contributed by atoms with van der Waals surface area (Å²) < 4.78 is 28.3. The lowest BCUT2D eigenvalue weighted by Gasteiger charge is -2.27. The quantitative estimate of drug-likeness (QED) is 0.828. The fraction of sp³-hybridized carbons (Fsp3) is 0.533. The van der Waals surface area contributed by atoms with Gasteiger partial charge in [-0.1, -0.05) is 47.7 Å². The molecule has 0 heterocycles. The summed E-state index contributed by atoms with van der Waals surface area (Å²) in [6, 6.07) is 5.86. The van der Waals surface area contributed by atoms with Gasteiger partial charge in [0.15, 0.2) is 0 Å². The van der Waals surface area contributed by atoms with Gasteiger partial charge >= 0.3 is 5.97 Å². The number of rotatable bonds is 4. The number of carboxylic acids is 1. The first kappa shape index (κ1) is 17.4. The van der Waals surface area contributed by atoms with Crippen LogP contribution in [0, 0.1) is 5.92 Å². The maximum Gasteiger partial charge on any atom is 0.308 e. The van der Waals surface area contributed by atoms with E-state index in [1.54, 1.807) is 12.1 Å². The van der Waals surface area contributed by atoms with Crippen molar-refractivity contribution < 1.29 is 18.3 Å². The summed E-state index contributed by atoms with van der Waals surface area (Å²) >= 11 is 3.25. The van der Waals surface area contributed by atoms with Gasteiger partial charge in [0.1, 0.15) is 0 Å². The van der Waals surface area contributed by atoms with E-state index < -0.39 is 28.0 Å². The average molecular weight is 390 g/mol. The van der Waals surface area contributed by atoms with Crippen molar-refractivity contribution in [3.63, 3.8) is 0 Å². The molecule has 1 aliphatic rings. The van der Waals surface area contributed by atoms with Gasteiger partial charge < -0.3 is 5.11 Å². The zero-order valence-electron chi connectivity index (χ0n) is 12.2. The smallest absolute Gasteiger partial charge is 0.308 e. The third kappa shape index (κ3) is 4.54. The van der Waals surface area contributed by atoms with Crippen LogP contribution in [0.3, 0.4) is 0 Å². The van der Waals surface area contributed by atoms with Gasteiger partial charge in [-0.2, -0.15) is 0 Å². The lowest BCUT2D eigenvalue weighted by molar-refractivity contribution is -0.143. The number of sulfonamides is 1. The van der Waals surface area contributed by atoms with E-state index in [0.29, 0.717) is 17.3 Å². The number of carboxylic acid groups (broad SMARTS) is 1. The van der Waals surface area contributed by atoms with Crippen LogP contribution in [-0.2, 0) is 14.8 Å². The first-order valence-electron chi connectivity index (χ1n) is 7.41. The maximum atomic E-state index is 12.5. The Balaban J connectivity index is 2.22. The molecule has 0 saturated heterocycles. The van der Waals surface area contributed by atoms with Gasteiger partial charge in [-0.15, -0.1) is 0 Å². The van der Waals surface area contributed by atoms with Gasteiger partial charge in [-0.05, 0) is 31.0 Å². The lowest BCUT2D eigenvalue weighted by atomic mass is 9.87. The van der Waals surface area contributed by atoms with Crippen molar-refractivity contribution in [1.29, 1.82) is 0 Å². The molecular weight excluding hydrogens is 370 g/mol. The molecule has 1 saturated carbocycles. The van der Waals surface area contributed by atoms with Crippen LogP contribution in [0.2, 0.25) is 0 Å². The molecule has 0 spiro atoms. The molecule has 1 fully saturated rings. The Kier molecular flexibility index (Phi) is 6.00. The van der Waals surface area contributed by atoms with E-state index in [0.717, 1.165) is 25.7 Å². The molecule has 5 nitrogen and oxygen atoms in total. The number of halogens is 1. The number of hydrogen-bond acceptors (Lipinski definition) is 3. The van der Waals surface area contributed by atoms with Crippen LogP contribution in [0.4, 0.5) is 0 Å². The summed E-state index contributed by atoms with van der Waals surface area (Å²) in [5.41, 5.74) is 0. The van der Waals surface area contributed by atoms with Gasteiger partial charge in [0.05, 0.1) is 10.8 Å². The standard InChI is InChI=1S/C15H20BrNO4S/c16-11-6-5-7-12(10-11)22(20,21)17-14-9-4-2-1-3-8-13(14)15(18)19/h5-7,10,13-14,17H,1-4,8-9H2,(H,18,19). The molecule has 2 rings (SSSR count). The molecule has 0 aromatic heterocycles. The molecule has 1 aromatic carbocycles. The first-order chi connectivity index (χ1) is 10.4. The minimum Gasteiger partial charge on any atom is -0.481 e. The summed E-state index contributed by atoms with van der Waals surface area (Å²) in [5, 5.41) is 9.39. The first-order valence-corrected chi connectivity index (χ1v) is 9.68. The van der Waals surface area contributed by atoms with E-state index in [9.17, 15) is 18.3 Å². The fourth-order valence-corrected chi connectivity index (χ4v) is 4.73. The summed E-state index contributed by atoms with van der Waals surface area (Å²) in [5.74, 6) is -1.59. The zero-order chi connectivity index (χ0) is 16.2. The van der Waals surface area contributed by atoms with Crippen LogP contribution >= 0.6 is 15.9 Å². The highest BCUT2D eigenvalue weighted by Gasteiger charge is 2.32. The largest absolute Gasteiger partial charge is 0.481 e. The number of benzene rings is 1. The van der Waals surface area contributed by atoms with Gasteiger partial charge in [0.25, 0.3) is 0 Å². The van der Waals surface area contributed by atoms with Crippen molar-refractivity contribution in [2.45, 2.75) is 49.5 Å². The fourth-order valence-electron chi connectivity index (χ4n) is 2.82. The van der Waals surface area contributed by atoms with Gasteiger partial charge in [-0.25, -0.2) is 13.1 Å². The van der Waals surface area contributed by atoms with Crippen molar-refractivity contribution in [2.75, 3.05) is 0 Å². The van der Waals surface area contributed by atoms with Crippen LogP contribution in [0.15, 0.2) is 33.6 Å². The Hall–Kier alpha value is -0.920. The van der Waals surface area contributed by atoms with Crippen molar-refractivity contribution in [2.24, 2.45) is 5.92 Å². The third-order valence-electron chi connectivity index (χ3n) is 4.00. The van der Waals surface area contributed by atoms with Crippen LogP contribution in [0.5, 0.6) is 0 Å². The number of aliphatic carboxylic acids is 1. The van der Waals surface area contributed by atoms with Crippen molar-refractivity contribution in [3.05, 3.63) is 28.7 Å². The molecule has 2 N–H and O–H groups in total. The number of carbonyl (C=O) groups is 1. The molecule has 2 atom stereocenters. The van der Waals surface area contributed by atoms with E-state index in [4.69, 9.17) is 0 Å². The minimum absolute atomic E-state index is 0.146. The molecule has 22 heavy (non-hydrogen) atoms. The predicted molar refractivity (Wildman–Crippen MR) is 87.1 cm³/mol. The van der Waals surface area contributed by atoms with Gasteiger partial charge in [0.2, 0.25) is 10.0 Å². The molecule has 1 aliphatic carbocycles. The second kappa shape index (κ2) is 7.57. The van der Waals surface area contributed by atoms with Crippen LogP contribution in [0.1, 0.15) is 38.5 Å². The van der Waals surface area contributed by atoms with E-state index >= 15 is 0 Å². The van der Waals surface area contributed by atoms with Gasteiger partial charge in [-0.3, -0.25) is 4.79 Å². The van der Waals surface area contributed by atoms with E-state index in [2.05, 4.69) is 20.7 Å². The van der Waals surface area contributed by atoms with Crippen LogP contribution in [-0.4, -0.2) is 25.5 Å². The molecule has 122 valence electrons. The summed E-state index contributed by atoms with van der Waals surface area (Å²) in [4.78, 5) is 11.6. The van der Waals surface area contributed by atoms with Crippen LogP contribution in [0.25, 0.3) is 0 Å². The highest BCUT2D eigenvalue weighted by molar-refractivity contribution is 9.10. The predicted octanol–water partition coefficient (Wildman–Crippen LogP) is 3.15. The Morgan fingerprint density at radius 1 is 1.18 bits per heavy atom. The number of nitrogens with one attached hydrogen (secondary N) is 1. The second-order valence-electron chi connectivity index (χ2n) is 5.62. The Morgan fingerprint density at radius 3 is 2.50 bits per heavy atom. The zero-order valence-corrected chi connectivity index (χ0v) is 14.6. The SMILES string of the molecule is O=C(O)C1CCCCCCC1NS(=O)(=O)c1cccc(Br)c1. The number of hydrogen-bond donors (Lipinski definition) is 2. The van der Waals surface area contributed by atoms with E-state index in [1.165, 1.54) is 12.1 Å². The van der Waals surface area contributed by atoms with E-state index in [-0.39, 0.29) is 4.90 Å². The third-order valence-corrected chi connectivity index (χ3v) is 5.98. The molecular formula is C15H20BrNO4S. The Bertz CT molecular complexity index is 632. The average Bonchev–Trinajstić information content (AvgIpc) is 2.41. The molecule has 7 heteroatoms. The molecule has 0 bridgehead atoms. The van der Waals surface area contributed by atoms with Crippen molar-refractivity contribution >= 4 is 31.9 Å². The molecule has 1 aromatic rings. The summed E-state index contributed by atoms with van der Waals surface area (Å²) in [7, 11) is -3.72. The summed E-state index contributed by atoms with van der Waals surface area (Å²) in [6.45, 7) is 0. The minimum atomic E-state index is -3.72. The lowest BCUT2D eigenvalue weighted by Crippen LogP contribution is -2.43. The molecule has 0 radical (unpaired) electrons.